The third-order valence-electron chi connectivity index (χ3n) is 4.20. The van der Waals surface area contributed by atoms with Crippen LogP contribution in [0.2, 0.25) is 0 Å². The highest BCUT2D eigenvalue weighted by Crippen LogP contribution is 2.34. The van der Waals surface area contributed by atoms with E-state index >= 15 is 0 Å². The van der Waals surface area contributed by atoms with Crippen LogP contribution in [0.3, 0.4) is 0 Å². The molecule has 2 unspecified atom stereocenters. The lowest BCUT2D eigenvalue weighted by Crippen LogP contribution is -2.25. The minimum absolute atomic E-state index is 0.174. The Balaban J connectivity index is 1.73. The van der Waals surface area contributed by atoms with Gasteiger partial charge in [0, 0.05) is 18.7 Å². The molecule has 3 rings (SSSR count). The molecule has 0 saturated heterocycles. The standard InChI is InChI=1S/C19H23NO3/c1-14(16-9-10-18-19(12-16)23-13-22-18)20-17(8-5-11-21)15-6-3-2-4-7-15/h2-4,6-7,9-10,12,14,17,20-21H,5,8,11,13H2,1H3. The summed E-state index contributed by atoms with van der Waals surface area (Å²) in [7, 11) is 0. The first kappa shape index (κ1) is 15.8. The minimum atomic E-state index is 0.174. The number of rotatable bonds is 7. The molecule has 1 aliphatic rings. The highest BCUT2D eigenvalue weighted by Gasteiger charge is 2.18. The van der Waals surface area contributed by atoms with Crippen molar-refractivity contribution in [2.24, 2.45) is 0 Å². The summed E-state index contributed by atoms with van der Waals surface area (Å²) in [5.41, 5.74) is 2.41. The third-order valence-corrected chi connectivity index (χ3v) is 4.20. The Kier molecular flexibility index (Phi) is 5.16. The van der Waals surface area contributed by atoms with E-state index in [1.807, 2.05) is 30.3 Å². The average molecular weight is 313 g/mol. The van der Waals surface area contributed by atoms with E-state index in [-0.39, 0.29) is 18.7 Å². The molecule has 23 heavy (non-hydrogen) atoms. The maximum Gasteiger partial charge on any atom is 0.231 e. The number of benzene rings is 2. The van der Waals surface area contributed by atoms with Crippen molar-refractivity contribution in [1.29, 1.82) is 0 Å². The van der Waals surface area contributed by atoms with Crippen molar-refractivity contribution in [1.82, 2.24) is 5.32 Å². The largest absolute Gasteiger partial charge is 0.454 e. The first-order valence-corrected chi connectivity index (χ1v) is 8.09. The molecule has 0 radical (unpaired) electrons. The van der Waals surface area contributed by atoms with Gasteiger partial charge < -0.3 is 19.9 Å². The molecule has 0 saturated carbocycles. The normalized spacial score (nSPS) is 15.4. The Morgan fingerprint density at radius 2 is 1.83 bits per heavy atom. The SMILES string of the molecule is CC(NC(CCCO)c1ccccc1)c1ccc2c(c1)OCO2. The summed E-state index contributed by atoms with van der Waals surface area (Å²) in [6, 6.07) is 16.8. The molecule has 1 heterocycles. The van der Waals surface area contributed by atoms with Gasteiger partial charge in [-0.1, -0.05) is 36.4 Å². The van der Waals surface area contributed by atoms with Gasteiger partial charge >= 0.3 is 0 Å². The highest BCUT2D eigenvalue weighted by atomic mass is 16.7. The predicted molar refractivity (Wildman–Crippen MR) is 89.6 cm³/mol. The zero-order valence-corrected chi connectivity index (χ0v) is 13.4. The second kappa shape index (κ2) is 7.49. The van der Waals surface area contributed by atoms with Crippen LogP contribution in [0.4, 0.5) is 0 Å². The van der Waals surface area contributed by atoms with Crippen LogP contribution in [0.5, 0.6) is 11.5 Å². The van der Waals surface area contributed by atoms with Crippen LogP contribution < -0.4 is 14.8 Å². The van der Waals surface area contributed by atoms with Crippen LogP contribution in [0, 0.1) is 0 Å². The van der Waals surface area contributed by atoms with Gasteiger partial charge in [-0.3, -0.25) is 0 Å². The maximum atomic E-state index is 9.16. The lowest BCUT2D eigenvalue weighted by Gasteiger charge is -2.24. The van der Waals surface area contributed by atoms with Crippen LogP contribution >= 0.6 is 0 Å². The fourth-order valence-electron chi connectivity index (χ4n) is 2.91. The van der Waals surface area contributed by atoms with Crippen molar-refractivity contribution in [3.63, 3.8) is 0 Å². The zero-order valence-electron chi connectivity index (χ0n) is 13.4. The summed E-state index contributed by atoms with van der Waals surface area (Å²) in [5, 5.41) is 12.8. The van der Waals surface area contributed by atoms with Crippen LogP contribution in [-0.2, 0) is 0 Å². The van der Waals surface area contributed by atoms with Crippen molar-refractivity contribution in [2.45, 2.75) is 31.8 Å². The van der Waals surface area contributed by atoms with E-state index in [4.69, 9.17) is 14.6 Å². The van der Waals surface area contributed by atoms with E-state index < -0.39 is 0 Å². The Labute approximate surface area is 137 Å². The molecule has 4 heteroatoms. The second-order valence-electron chi connectivity index (χ2n) is 5.83. The topological polar surface area (TPSA) is 50.7 Å². The highest BCUT2D eigenvalue weighted by molar-refractivity contribution is 5.45. The zero-order chi connectivity index (χ0) is 16.1. The van der Waals surface area contributed by atoms with Crippen LogP contribution in [0.25, 0.3) is 0 Å². The monoisotopic (exact) mass is 313 g/mol. The van der Waals surface area contributed by atoms with E-state index in [1.54, 1.807) is 0 Å². The predicted octanol–water partition coefficient (Wildman–Crippen LogP) is 3.58. The molecule has 2 atom stereocenters. The van der Waals surface area contributed by atoms with Gasteiger partial charge in [-0.15, -0.1) is 0 Å². The van der Waals surface area contributed by atoms with Crippen molar-refractivity contribution in [3.8, 4) is 11.5 Å². The molecule has 2 aromatic rings. The van der Waals surface area contributed by atoms with Crippen molar-refractivity contribution < 1.29 is 14.6 Å². The fraction of sp³-hybridized carbons (Fsp3) is 0.368. The van der Waals surface area contributed by atoms with Gasteiger partial charge in [0.2, 0.25) is 6.79 Å². The van der Waals surface area contributed by atoms with E-state index in [0.717, 1.165) is 24.3 Å². The molecule has 4 nitrogen and oxygen atoms in total. The van der Waals surface area contributed by atoms with E-state index in [9.17, 15) is 0 Å². The fourth-order valence-corrected chi connectivity index (χ4v) is 2.91. The van der Waals surface area contributed by atoms with Crippen LogP contribution in [0.1, 0.15) is 43.0 Å². The number of aliphatic hydroxyl groups excluding tert-OH is 1. The number of aliphatic hydroxyl groups is 1. The molecular weight excluding hydrogens is 290 g/mol. The average Bonchev–Trinajstić information content (AvgIpc) is 3.06. The lowest BCUT2D eigenvalue weighted by molar-refractivity contribution is 0.174. The van der Waals surface area contributed by atoms with Gasteiger partial charge in [0.15, 0.2) is 11.5 Å². The molecule has 1 aliphatic heterocycles. The Hall–Kier alpha value is -2.04. The number of hydrogen-bond acceptors (Lipinski definition) is 4. The first-order valence-electron chi connectivity index (χ1n) is 8.09. The van der Waals surface area contributed by atoms with Crippen molar-refractivity contribution in [2.75, 3.05) is 13.4 Å². The number of fused-ring (bicyclic) bond motifs is 1. The molecule has 0 fully saturated rings. The molecule has 0 amide bonds. The summed E-state index contributed by atoms with van der Waals surface area (Å²) in [6.45, 7) is 2.65. The molecular formula is C19H23NO3. The molecule has 0 bridgehead atoms. The Bertz CT molecular complexity index is 630. The maximum absolute atomic E-state index is 9.16. The van der Waals surface area contributed by atoms with Gasteiger partial charge in [0.25, 0.3) is 0 Å². The third kappa shape index (κ3) is 3.84. The van der Waals surface area contributed by atoms with E-state index in [1.165, 1.54) is 11.1 Å². The Morgan fingerprint density at radius 3 is 2.61 bits per heavy atom. The lowest BCUT2D eigenvalue weighted by atomic mass is 9.99. The Morgan fingerprint density at radius 1 is 1.04 bits per heavy atom. The molecule has 2 aromatic carbocycles. The summed E-state index contributed by atoms with van der Waals surface area (Å²) >= 11 is 0. The second-order valence-corrected chi connectivity index (χ2v) is 5.83. The molecule has 0 aromatic heterocycles. The van der Waals surface area contributed by atoms with Crippen LogP contribution in [0.15, 0.2) is 48.5 Å². The quantitative estimate of drug-likeness (QED) is 0.820. The first-order chi connectivity index (χ1) is 11.3. The minimum Gasteiger partial charge on any atom is -0.454 e. The molecule has 122 valence electrons. The van der Waals surface area contributed by atoms with E-state index in [2.05, 4.69) is 30.4 Å². The molecule has 2 N–H and O–H groups in total. The van der Waals surface area contributed by atoms with Gasteiger partial charge in [0.05, 0.1) is 0 Å². The number of nitrogens with one attached hydrogen (secondary N) is 1. The smallest absolute Gasteiger partial charge is 0.231 e. The van der Waals surface area contributed by atoms with Gasteiger partial charge in [-0.05, 0) is 43.0 Å². The molecule has 0 spiro atoms. The van der Waals surface area contributed by atoms with Crippen molar-refractivity contribution in [3.05, 3.63) is 59.7 Å². The number of hydrogen-bond donors (Lipinski definition) is 2. The van der Waals surface area contributed by atoms with Gasteiger partial charge in [-0.2, -0.15) is 0 Å². The van der Waals surface area contributed by atoms with Crippen LogP contribution in [-0.4, -0.2) is 18.5 Å². The van der Waals surface area contributed by atoms with Gasteiger partial charge in [-0.25, -0.2) is 0 Å². The summed E-state index contributed by atoms with van der Waals surface area (Å²) in [5.74, 6) is 1.61. The summed E-state index contributed by atoms with van der Waals surface area (Å²) in [6.07, 6.45) is 1.68. The molecule has 0 aliphatic carbocycles. The van der Waals surface area contributed by atoms with E-state index in [0.29, 0.717) is 6.79 Å². The summed E-state index contributed by atoms with van der Waals surface area (Å²) in [4.78, 5) is 0. The van der Waals surface area contributed by atoms with Crippen molar-refractivity contribution >= 4 is 0 Å². The van der Waals surface area contributed by atoms with Gasteiger partial charge in [0.1, 0.15) is 0 Å². The summed E-state index contributed by atoms with van der Waals surface area (Å²) < 4.78 is 10.8. The number of ether oxygens (including phenoxy) is 2.